The molecule has 1 fully saturated rings. The van der Waals surface area contributed by atoms with Gasteiger partial charge in [-0.15, -0.1) is 0 Å². The zero-order valence-electron chi connectivity index (χ0n) is 6.70. The van der Waals surface area contributed by atoms with Crippen molar-refractivity contribution in [2.45, 2.75) is 24.9 Å². The van der Waals surface area contributed by atoms with E-state index in [1.54, 1.807) is 0 Å². The Hall–Kier alpha value is -0.530. The molecule has 0 aliphatic heterocycles. The molecule has 1 N–H and O–H groups in total. The van der Waals surface area contributed by atoms with E-state index in [1.165, 1.54) is 5.56 Å². The third-order valence-electron chi connectivity index (χ3n) is 2.54. The lowest BCUT2D eigenvalue weighted by molar-refractivity contribution is 0.0661. The fourth-order valence-corrected chi connectivity index (χ4v) is 1.71. The number of halogens is 1. The second kappa shape index (κ2) is 3.08. The van der Waals surface area contributed by atoms with Crippen molar-refractivity contribution in [2.75, 3.05) is 0 Å². The van der Waals surface area contributed by atoms with E-state index in [0.29, 0.717) is 5.92 Å². The second-order valence-electron chi connectivity index (χ2n) is 3.30. The number of aliphatic hydroxyl groups is 1. The van der Waals surface area contributed by atoms with Crippen LogP contribution in [0, 0.1) is 0 Å². The molecule has 1 aromatic rings. The summed E-state index contributed by atoms with van der Waals surface area (Å²) >= 11 is 5.75. The smallest absolute Gasteiger partial charge is 0.0609 e. The van der Waals surface area contributed by atoms with Gasteiger partial charge in [0.15, 0.2) is 0 Å². The first kappa shape index (κ1) is 8.09. The van der Waals surface area contributed by atoms with Gasteiger partial charge in [0, 0.05) is 10.9 Å². The van der Waals surface area contributed by atoms with Gasteiger partial charge in [0.1, 0.15) is 0 Å². The van der Waals surface area contributed by atoms with Gasteiger partial charge in [-0.3, -0.25) is 0 Å². The molecule has 1 aliphatic carbocycles. The Morgan fingerprint density at radius 1 is 1.17 bits per heavy atom. The van der Waals surface area contributed by atoms with E-state index in [4.69, 9.17) is 11.6 Å². The molecule has 2 heteroatoms. The van der Waals surface area contributed by atoms with Crippen LogP contribution in [0.4, 0.5) is 0 Å². The van der Waals surface area contributed by atoms with Crippen LogP contribution in [0.25, 0.3) is 0 Å². The molecule has 2 atom stereocenters. The molecule has 0 radical (unpaired) electrons. The van der Waals surface area contributed by atoms with Gasteiger partial charge in [-0.05, 0) is 30.5 Å². The fourth-order valence-electron chi connectivity index (χ4n) is 1.58. The first-order valence-electron chi connectivity index (χ1n) is 4.21. The minimum Gasteiger partial charge on any atom is -0.392 e. The van der Waals surface area contributed by atoms with Crippen molar-refractivity contribution in [3.63, 3.8) is 0 Å². The average Bonchev–Trinajstić information content (AvgIpc) is 2.06. The standard InChI is InChI=1S/C10H11ClO/c11-8-3-1-7(2-4-8)9-5-6-10(9)12/h1-4,9-10,12H,5-6H2. The molecule has 1 nitrogen and oxygen atoms in total. The van der Waals surface area contributed by atoms with Crippen LogP contribution < -0.4 is 0 Å². The van der Waals surface area contributed by atoms with E-state index in [-0.39, 0.29) is 6.10 Å². The molecule has 2 rings (SSSR count). The van der Waals surface area contributed by atoms with Crippen molar-refractivity contribution in [1.82, 2.24) is 0 Å². The molecule has 1 aliphatic rings. The summed E-state index contributed by atoms with van der Waals surface area (Å²) in [5, 5.41) is 10.2. The zero-order chi connectivity index (χ0) is 8.55. The molecular weight excluding hydrogens is 172 g/mol. The maximum absolute atomic E-state index is 9.40. The Kier molecular flexibility index (Phi) is 2.07. The Bertz CT molecular complexity index is 268. The third-order valence-corrected chi connectivity index (χ3v) is 2.79. The maximum Gasteiger partial charge on any atom is 0.0609 e. The highest BCUT2D eigenvalue weighted by Gasteiger charge is 2.29. The molecule has 1 saturated carbocycles. The number of hydrogen-bond acceptors (Lipinski definition) is 1. The van der Waals surface area contributed by atoms with Gasteiger partial charge in [0.2, 0.25) is 0 Å². The van der Waals surface area contributed by atoms with Gasteiger partial charge in [0.25, 0.3) is 0 Å². The summed E-state index contributed by atoms with van der Waals surface area (Å²) < 4.78 is 0. The van der Waals surface area contributed by atoms with Crippen LogP contribution in [-0.2, 0) is 0 Å². The highest BCUT2D eigenvalue weighted by Crippen LogP contribution is 2.36. The molecular formula is C10H11ClO. The third kappa shape index (κ3) is 1.35. The minimum absolute atomic E-state index is 0.133. The summed E-state index contributed by atoms with van der Waals surface area (Å²) in [6.07, 6.45) is 1.90. The van der Waals surface area contributed by atoms with Gasteiger partial charge in [-0.2, -0.15) is 0 Å². The van der Waals surface area contributed by atoms with Crippen molar-refractivity contribution in [3.05, 3.63) is 34.9 Å². The van der Waals surface area contributed by atoms with E-state index in [2.05, 4.69) is 0 Å². The average molecular weight is 183 g/mol. The van der Waals surface area contributed by atoms with Crippen molar-refractivity contribution in [2.24, 2.45) is 0 Å². The Morgan fingerprint density at radius 2 is 1.83 bits per heavy atom. The van der Waals surface area contributed by atoms with Gasteiger partial charge in [-0.1, -0.05) is 23.7 Å². The van der Waals surface area contributed by atoms with E-state index in [1.807, 2.05) is 24.3 Å². The van der Waals surface area contributed by atoms with Crippen molar-refractivity contribution < 1.29 is 5.11 Å². The van der Waals surface area contributed by atoms with E-state index < -0.39 is 0 Å². The Morgan fingerprint density at radius 3 is 2.25 bits per heavy atom. The maximum atomic E-state index is 9.40. The number of rotatable bonds is 1. The molecule has 64 valence electrons. The first-order valence-corrected chi connectivity index (χ1v) is 4.59. The monoisotopic (exact) mass is 182 g/mol. The molecule has 0 spiro atoms. The van der Waals surface area contributed by atoms with Crippen LogP contribution in [0.1, 0.15) is 24.3 Å². The molecule has 0 amide bonds. The van der Waals surface area contributed by atoms with Crippen molar-refractivity contribution in [3.8, 4) is 0 Å². The lowest BCUT2D eigenvalue weighted by Crippen LogP contribution is -2.28. The van der Waals surface area contributed by atoms with Crippen LogP contribution >= 0.6 is 11.6 Å². The van der Waals surface area contributed by atoms with Gasteiger partial charge in [0.05, 0.1) is 6.10 Å². The summed E-state index contributed by atoms with van der Waals surface area (Å²) in [5.41, 5.74) is 1.21. The van der Waals surface area contributed by atoms with Gasteiger partial charge in [-0.25, -0.2) is 0 Å². The van der Waals surface area contributed by atoms with E-state index in [9.17, 15) is 5.11 Å². The van der Waals surface area contributed by atoms with Crippen LogP contribution in [0.15, 0.2) is 24.3 Å². The topological polar surface area (TPSA) is 20.2 Å². The largest absolute Gasteiger partial charge is 0.392 e. The van der Waals surface area contributed by atoms with Gasteiger partial charge >= 0.3 is 0 Å². The lowest BCUT2D eigenvalue weighted by Gasteiger charge is -2.32. The van der Waals surface area contributed by atoms with Gasteiger partial charge < -0.3 is 5.11 Å². The summed E-state index contributed by atoms with van der Waals surface area (Å²) in [6.45, 7) is 0. The summed E-state index contributed by atoms with van der Waals surface area (Å²) in [5.74, 6) is 0.349. The highest BCUT2D eigenvalue weighted by molar-refractivity contribution is 6.30. The highest BCUT2D eigenvalue weighted by atomic mass is 35.5. The van der Waals surface area contributed by atoms with Crippen molar-refractivity contribution in [1.29, 1.82) is 0 Å². The van der Waals surface area contributed by atoms with Crippen LogP contribution in [0.2, 0.25) is 5.02 Å². The predicted molar refractivity (Wildman–Crippen MR) is 49.4 cm³/mol. The molecule has 0 saturated heterocycles. The summed E-state index contributed by atoms with van der Waals surface area (Å²) in [6, 6.07) is 7.74. The fraction of sp³-hybridized carbons (Fsp3) is 0.400. The van der Waals surface area contributed by atoms with E-state index in [0.717, 1.165) is 17.9 Å². The number of aliphatic hydroxyl groups excluding tert-OH is 1. The molecule has 2 unspecified atom stereocenters. The molecule has 12 heavy (non-hydrogen) atoms. The normalized spacial score (nSPS) is 28.2. The number of benzene rings is 1. The molecule has 1 aromatic carbocycles. The molecule has 0 heterocycles. The molecule has 0 bridgehead atoms. The Balaban J connectivity index is 2.18. The summed E-state index contributed by atoms with van der Waals surface area (Å²) in [7, 11) is 0. The lowest BCUT2D eigenvalue weighted by atomic mass is 9.77. The predicted octanol–water partition coefficient (Wildman–Crippen LogP) is 2.58. The van der Waals surface area contributed by atoms with Crippen LogP contribution in [0.3, 0.4) is 0 Å². The Labute approximate surface area is 77.0 Å². The number of hydrogen-bond donors (Lipinski definition) is 1. The SMILES string of the molecule is OC1CCC1c1ccc(Cl)cc1. The minimum atomic E-state index is -0.133. The van der Waals surface area contributed by atoms with Crippen LogP contribution in [0.5, 0.6) is 0 Å². The first-order chi connectivity index (χ1) is 5.77. The zero-order valence-corrected chi connectivity index (χ0v) is 7.46. The summed E-state index contributed by atoms with van der Waals surface area (Å²) in [4.78, 5) is 0. The van der Waals surface area contributed by atoms with E-state index >= 15 is 0 Å². The quantitative estimate of drug-likeness (QED) is 0.708. The van der Waals surface area contributed by atoms with Crippen molar-refractivity contribution >= 4 is 11.6 Å². The molecule has 0 aromatic heterocycles. The second-order valence-corrected chi connectivity index (χ2v) is 3.74. The van der Waals surface area contributed by atoms with Crippen LogP contribution in [-0.4, -0.2) is 11.2 Å².